The number of halogens is 1. The molecule has 0 saturated heterocycles. The number of benzene rings is 1. The summed E-state index contributed by atoms with van der Waals surface area (Å²) in [5, 5.41) is 5.66. The first-order valence-corrected chi connectivity index (χ1v) is 11.7. The third-order valence-electron chi connectivity index (χ3n) is 5.71. The van der Waals surface area contributed by atoms with Crippen LogP contribution in [-0.4, -0.2) is 39.2 Å². The van der Waals surface area contributed by atoms with Crippen molar-refractivity contribution in [3.63, 3.8) is 0 Å². The monoisotopic (exact) mass is 468 g/mol. The lowest BCUT2D eigenvalue weighted by Crippen LogP contribution is -2.51. The number of hydrogen-bond donors (Lipinski definition) is 2. The minimum absolute atomic E-state index is 0.0321. The zero-order chi connectivity index (χ0) is 24.7. The second-order valence-corrected chi connectivity index (χ2v) is 9.70. The number of nitrogens with zero attached hydrogens (tertiary/aromatic N) is 2. The molecule has 0 aliphatic heterocycles. The van der Waals surface area contributed by atoms with Crippen LogP contribution in [-0.2, 0) is 14.4 Å². The van der Waals surface area contributed by atoms with Crippen molar-refractivity contribution in [3.8, 4) is 0 Å². The van der Waals surface area contributed by atoms with Gasteiger partial charge in [0.05, 0.1) is 0 Å². The van der Waals surface area contributed by atoms with E-state index in [-0.39, 0.29) is 36.6 Å². The standard InChI is InChI=1S/C26H33FN4O3/c1-26(2,3)30-25(34)24(18-11-13-19(27)14-12-18)31(20-8-4-5-9-20)23(33)16-15-22(32)29-21-10-6-7-17-28-21/h6-7,10-14,17,20,24H,4-5,8-9,15-16H2,1-3H3,(H,30,34)(H,28,29,32)/t24-/m1/s1. The first-order chi connectivity index (χ1) is 16.1. The Kier molecular flexibility index (Phi) is 8.36. The lowest BCUT2D eigenvalue weighted by molar-refractivity contribution is -0.144. The van der Waals surface area contributed by atoms with E-state index in [0.717, 1.165) is 25.7 Å². The highest BCUT2D eigenvalue weighted by Crippen LogP contribution is 2.33. The lowest BCUT2D eigenvalue weighted by Gasteiger charge is -2.37. The normalized spacial score (nSPS) is 14.9. The molecule has 182 valence electrons. The summed E-state index contributed by atoms with van der Waals surface area (Å²) in [5.41, 5.74) is 0.0313. The second-order valence-electron chi connectivity index (χ2n) is 9.70. The van der Waals surface area contributed by atoms with Gasteiger partial charge in [0.25, 0.3) is 0 Å². The number of carbonyl (C=O) groups is 3. The van der Waals surface area contributed by atoms with E-state index >= 15 is 0 Å². The van der Waals surface area contributed by atoms with Gasteiger partial charge in [-0.2, -0.15) is 0 Å². The number of pyridine rings is 1. The smallest absolute Gasteiger partial charge is 0.247 e. The third-order valence-corrected chi connectivity index (χ3v) is 5.71. The minimum Gasteiger partial charge on any atom is -0.349 e. The molecule has 2 N–H and O–H groups in total. The summed E-state index contributed by atoms with van der Waals surface area (Å²) in [6.07, 6.45) is 4.99. The van der Waals surface area contributed by atoms with Gasteiger partial charge in [-0.15, -0.1) is 0 Å². The fourth-order valence-electron chi connectivity index (χ4n) is 4.25. The van der Waals surface area contributed by atoms with Gasteiger partial charge in [-0.05, 0) is 63.4 Å². The minimum atomic E-state index is -0.908. The molecule has 1 fully saturated rings. The molecule has 0 unspecified atom stereocenters. The molecular formula is C26H33FN4O3. The first-order valence-electron chi connectivity index (χ1n) is 11.7. The van der Waals surface area contributed by atoms with E-state index in [0.29, 0.717) is 11.4 Å². The summed E-state index contributed by atoms with van der Waals surface area (Å²) in [7, 11) is 0. The maximum Gasteiger partial charge on any atom is 0.247 e. The summed E-state index contributed by atoms with van der Waals surface area (Å²) in [6.45, 7) is 5.61. The zero-order valence-corrected chi connectivity index (χ0v) is 20.0. The van der Waals surface area contributed by atoms with Crippen LogP contribution in [0.2, 0.25) is 0 Å². The molecule has 1 aliphatic rings. The van der Waals surface area contributed by atoms with Crippen LogP contribution < -0.4 is 10.6 Å². The number of aromatic nitrogens is 1. The molecule has 2 aromatic rings. The van der Waals surface area contributed by atoms with Gasteiger partial charge >= 0.3 is 0 Å². The topological polar surface area (TPSA) is 91.4 Å². The van der Waals surface area contributed by atoms with E-state index in [2.05, 4.69) is 15.6 Å². The highest BCUT2D eigenvalue weighted by atomic mass is 19.1. The largest absolute Gasteiger partial charge is 0.349 e. The molecule has 1 atom stereocenters. The SMILES string of the molecule is CC(C)(C)NC(=O)[C@@H](c1ccc(F)cc1)N(C(=O)CCC(=O)Nc1ccccn1)C1CCCC1. The van der Waals surface area contributed by atoms with Gasteiger partial charge in [0.2, 0.25) is 17.7 Å². The van der Waals surface area contributed by atoms with Crippen molar-refractivity contribution in [2.45, 2.75) is 76.9 Å². The van der Waals surface area contributed by atoms with E-state index in [4.69, 9.17) is 0 Å². The fourth-order valence-corrected chi connectivity index (χ4v) is 4.25. The molecule has 3 rings (SSSR count). The van der Waals surface area contributed by atoms with Gasteiger partial charge in [0, 0.05) is 30.6 Å². The second kappa shape index (κ2) is 11.2. The van der Waals surface area contributed by atoms with Crippen molar-refractivity contribution in [2.75, 3.05) is 5.32 Å². The highest BCUT2D eigenvalue weighted by molar-refractivity contribution is 5.94. The van der Waals surface area contributed by atoms with Crippen molar-refractivity contribution in [1.82, 2.24) is 15.2 Å². The van der Waals surface area contributed by atoms with E-state index < -0.39 is 17.4 Å². The molecule has 0 spiro atoms. The Labute approximate surface area is 200 Å². The number of nitrogens with one attached hydrogen (secondary N) is 2. The summed E-state index contributed by atoms with van der Waals surface area (Å²) < 4.78 is 13.6. The first kappa shape index (κ1) is 25.3. The molecule has 1 heterocycles. The predicted molar refractivity (Wildman–Crippen MR) is 128 cm³/mol. The van der Waals surface area contributed by atoms with E-state index in [1.54, 1.807) is 41.4 Å². The number of hydrogen-bond acceptors (Lipinski definition) is 4. The molecule has 8 heteroatoms. The van der Waals surface area contributed by atoms with Gasteiger partial charge < -0.3 is 15.5 Å². The van der Waals surface area contributed by atoms with Crippen molar-refractivity contribution < 1.29 is 18.8 Å². The molecule has 3 amide bonds. The van der Waals surface area contributed by atoms with Crippen molar-refractivity contribution in [2.24, 2.45) is 0 Å². The van der Waals surface area contributed by atoms with Crippen LogP contribution >= 0.6 is 0 Å². The van der Waals surface area contributed by atoms with Crippen molar-refractivity contribution >= 4 is 23.5 Å². The highest BCUT2D eigenvalue weighted by Gasteiger charge is 2.38. The van der Waals surface area contributed by atoms with Gasteiger partial charge in [-0.3, -0.25) is 14.4 Å². The summed E-state index contributed by atoms with van der Waals surface area (Å²) >= 11 is 0. The Morgan fingerprint density at radius 3 is 2.32 bits per heavy atom. The van der Waals surface area contributed by atoms with Crippen LogP contribution in [0.15, 0.2) is 48.7 Å². The van der Waals surface area contributed by atoms with Crippen LogP contribution in [0.5, 0.6) is 0 Å². The summed E-state index contributed by atoms with van der Waals surface area (Å²) in [6, 6.07) is 9.84. The molecule has 1 aromatic carbocycles. The quantitative estimate of drug-likeness (QED) is 0.602. The number of rotatable bonds is 8. The molecular weight excluding hydrogens is 435 g/mol. The van der Waals surface area contributed by atoms with Crippen molar-refractivity contribution in [3.05, 3.63) is 60.0 Å². The van der Waals surface area contributed by atoms with Crippen molar-refractivity contribution in [1.29, 1.82) is 0 Å². The van der Waals surface area contributed by atoms with Gasteiger partial charge in [0.15, 0.2) is 0 Å². The zero-order valence-electron chi connectivity index (χ0n) is 20.0. The number of amides is 3. The van der Waals surface area contributed by atoms with Crippen LogP contribution in [0.3, 0.4) is 0 Å². The Morgan fingerprint density at radius 1 is 1.06 bits per heavy atom. The van der Waals surface area contributed by atoms with Gasteiger partial charge in [-0.25, -0.2) is 9.37 Å². The summed E-state index contributed by atoms with van der Waals surface area (Å²) in [5.74, 6) is -0.917. The van der Waals surface area contributed by atoms with E-state index in [1.165, 1.54) is 12.1 Å². The van der Waals surface area contributed by atoms with E-state index in [1.807, 2.05) is 20.8 Å². The average molecular weight is 469 g/mol. The predicted octanol–water partition coefficient (Wildman–Crippen LogP) is 4.37. The van der Waals surface area contributed by atoms with Gasteiger partial charge in [0.1, 0.15) is 17.7 Å². The molecule has 7 nitrogen and oxygen atoms in total. The fraction of sp³-hybridized carbons (Fsp3) is 0.462. The maximum atomic E-state index is 13.6. The number of anilines is 1. The Hall–Kier alpha value is -3.29. The molecule has 0 bridgehead atoms. The molecule has 1 saturated carbocycles. The van der Waals surface area contributed by atoms with Crippen LogP contribution in [0.1, 0.15) is 70.9 Å². The molecule has 34 heavy (non-hydrogen) atoms. The Balaban J connectivity index is 1.84. The van der Waals surface area contributed by atoms with E-state index in [9.17, 15) is 18.8 Å². The molecule has 0 radical (unpaired) electrons. The Bertz CT molecular complexity index is 983. The Morgan fingerprint density at radius 2 is 1.74 bits per heavy atom. The third kappa shape index (κ3) is 7.10. The average Bonchev–Trinajstić information content (AvgIpc) is 3.30. The summed E-state index contributed by atoms with van der Waals surface area (Å²) in [4.78, 5) is 45.1. The maximum absolute atomic E-state index is 13.6. The van der Waals surface area contributed by atoms with Crippen LogP contribution in [0.4, 0.5) is 10.2 Å². The molecule has 1 aliphatic carbocycles. The number of carbonyl (C=O) groups excluding carboxylic acids is 3. The van der Waals surface area contributed by atoms with Crippen LogP contribution in [0, 0.1) is 5.82 Å². The lowest BCUT2D eigenvalue weighted by atomic mass is 9.98. The molecule has 1 aromatic heterocycles. The van der Waals surface area contributed by atoms with Crippen LogP contribution in [0.25, 0.3) is 0 Å². The van der Waals surface area contributed by atoms with Gasteiger partial charge in [-0.1, -0.05) is 31.0 Å².